The molecule has 0 amide bonds. The number of nitrogens with zero attached hydrogens (tertiary/aromatic N) is 1. The van der Waals surface area contributed by atoms with Crippen molar-refractivity contribution in [2.24, 2.45) is 4.99 Å². The largest absolute Gasteiger partial charge is 0.508 e. The summed E-state index contributed by atoms with van der Waals surface area (Å²) in [5.41, 5.74) is 1.05. The fourth-order valence-electron chi connectivity index (χ4n) is 1.87. The number of aliphatic imine (C=N–C) groups is 1. The first kappa shape index (κ1) is 15.0. The van der Waals surface area contributed by atoms with Gasteiger partial charge in [0.05, 0.1) is 12.8 Å². The molecule has 2 aromatic rings. The van der Waals surface area contributed by atoms with E-state index in [0.717, 1.165) is 36.8 Å². The molecule has 0 saturated carbocycles. The van der Waals surface area contributed by atoms with Crippen LogP contribution in [0.4, 0.5) is 0 Å². The summed E-state index contributed by atoms with van der Waals surface area (Å²) in [4.78, 5) is 4.51. The summed E-state index contributed by atoms with van der Waals surface area (Å²) < 4.78 is 5.29. The SMILES string of the molecule is CCNC(=NCc1ccc(O)cc1)NCCc1ccco1. The Bertz CT molecular complexity index is 547. The summed E-state index contributed by atoms with van der Waals surface area (Å²) in [5.74, 6) is 2.00. The van der Waals surface area contributed by atoms with Gasteiger partial charge in [-0.05, 0) is 36.8 Å². The maximum absolute atomic E-state index is 9.26. The zero-order valence-electron chi connectivity index (χ0n) is 12.2. The summed E-state index contributed by atoms with van der Waals surface area (Å²) in [5, 5.41) is 15.7. The van der Waals surface area contributed by atoms with Crippen LogP contribution in [0, 0.1) is 0 Å². The maximum Gasteiger partial charge on any atom is 0.191 e. The van der Waals surface area contributed by atoms with Gasteiger partial charge in [0.2, 0.25) is 0 Å². The van der Waals surface area contributed by atoms with E-state index in [9.17, 15) is 5.11 Å². The fraction of sp³-hybridized carbons (Fsp3) is 0.312. The number of hydrogen-bond acceptors (Lipinski definition) is 3. The average Bonchev–Trinajstić information content (AvgIpc) is 3.00. The Morgan fingerprint density at radius 3 is 2.67 bits per heavy atom. The minimum absolute atomic E-state index is 0.270. The average molecular weight is 287 g/mol. The molecule has 1 heterocycles. The van der Waals surface area contributed by atoms with Crippen LogP contribution in [0.25, 0.3) is 0 Å². The van der Waals surface area contributed by atoms with Gasteiger partial charge in [-0.3, -0.25) is 0 Å². The Morgan fingerprint density at radius 1 is 1.19 bits per heavy atom. The second-order valence-corrected chi connectivity index (χ2v) is 4.62. The Morgan fingerprint density at radius 2 is 2.00 bits per heavy atom. The molecule has 21 heavy (non-hydrogen) atoms. The second kappa shape index (κ2) is 7.99. The highest BCUT2D eigenvalue weighted by Gasteiger charge is 1.99. The highest BCUT2D eigenvalue weighted by molar-refractivity contribution is 5.79. The molecule has 112 valence electrons. The molecule has 1 aromatic carbocycles. The van der Waals surface area contributed by atoms with Crippen molar-refractivity contribution in [3.63, 3.8) is 0 Å². The molecule has 5 nitrogen and oxygen atoms in total. The van der Waals surface area contributed by atoms with E-state index in [1.54, 1.807) is 18.4 Å². The van der Waals surface area contributed by atoms with Crippen molar-refractivity contribution >= 4 is 5.96 Å². The van der Waals surface area contributed by atoms with Crippen LogP contribution >= 0.6 is 0 Å². The first-order valence-electron chi connectivity index (χ1n) is 7.10. The van der Waals surface area contributed by atoms with Gasteiger partial charge >= 0.3 is 0 Å². The van der Waals surface area contributed by atoms with Crippen molar-refractivity contribution in [2.75, 3.05) is 13.1 Å². The summed E-state index contributed by atoms with van der Waals surface area (Å²) in [6, 6.07) is 10.9. The Kier molecular flexibility index (Phi) is 5.70. The summed E-state index contributed by atoms with van der Waals surface area (Å²) in [6.07, 6.45) is 2.50. The third-order valence-electron chi connectivity index (χ3n) is 2.94. The van der Waals surface area contributed by atoms with Gasteiger partial charge < -0.3 is 20.2 Å². The van der Waals surface area contributed by atoms with Crippen LogP contribution in [-0.4, -0.2) is 24.2 Å². The van der Waals surface area contributed by atoms with Crippen LogP contribution in [0.3, 0.4) is 0 Å². The molecule has 0 aliphatic heterocycles. The van der Waals surface area contributed by atoms with E-state index in [1.807, 2.05) is 31.2 Å². The lowest BCUT2D eigenvalue weighted by atomic mass is 10.2. The van der Waals surface area contributed by atoms with Crippen LogP contribution in [0.5, 0.6) is 5.75 Å². The predicted octanol–water partition coefficient (Wildman–Crippen LogP) is 2.28. The number of guanidine groups is 1. The van der Waals surface area contributed by atoms with Crippen LogP contribution in [-0.2, 0) is 13.0 Å². The van der Waals surface area contributed by atoms with Crippen LogP contribution < -0.4 is 10.6 Å². The molecule has 0 unspecified atom stereocenters. The molecule has 5 heteroatoms. The number of nitrogens with one attached hydrogen (secondary N) is 2. The van der Waals surface area contributed by atoms with Crippen LogP contribution in [0.15, 0.2) is 52.1 Å². The van der Waals surface area contributed by atoms with Crippen molar-refractivity contribution in [3.8, 4) is 5.75 Å². The Hall–Kier alpha value is -2.43. The number of rotatable bonds is 6. The van der Waals surface area contributed by atoms with E-state index in [2.05, 4.69) is 15.6 Å². The zero-order chi connectivity index (χ0) is 14.9. The maximum atomic E-state index is 9.26. The molecule has 1 aromatic heterocycles. The molecular formula is C16H21N3O2. The van der Waals surface area contributed by atoms with E-state index in [1.165, 1.54) is 0 Å². The molecule has 3 N–H and O–H groups in total. The van der Waals surface area contributed by atoms with Gasteiger partial charge in [0.15, 0.2) is 5.96 Å². The van der Waals surface area contributed by atoms with Crippen LogP contribution in [0.1, 0.15) is 18.2 Å². The number of hydrogen-bond donors (Lipinski definition) is 3. The fourth-order valence-corrected chi connectivity index (χ4v) is 1.87. The van der Waals surface area contributed by atoms with E-state index in [-0.39, 0.29) is 5.75 Å². The molecule has 0 fully saturated rings. The number of phenols is 1. The van der Waals surface area contributed by atoms with Gasteiger partial charge in [0.25, 0.3) is 0 Å². The number of aromatic hydroxyl groups is 1. The smallest absolute Gasteiger partial charge is 0.191 e. The lowest BCUT2D eigenvalue weighted by Crippen LogP contribution is -2.38. The standard InChI is InChI=1S/C16H21N3O2/c1-2-17-16(18-10-9-15-4-3-11-21-15)19-12-13-5-7-14(20)8-6-13/h3-8,11,20H,2,9-10,12H2,1H3,(H2,17,18,19). The molecule has 0 aliphatic carbocycles. The third-order valence-corrected chi connectivity index (χ3v) is 2.94. The molecule has 0 spiro atoms. The van der Waals surface area contributed by atoms with Crippen molar-refractivity contribution < 1.29 is 9.52 Å². The van der Waals surface area contributed by atoms with E-state index in [4.69, 9.17) is 4.42 Å². The topological polar surface area (TPSA) is 69.8 Å². The lowest BCUT2D eigenvalue weighted by Gasteiger charge is -2.10. The molecule has 0 aliphatic rings. The third kappa shape index (κ3) is 5.22. The molecular weight excluding hydrogens is 266 g/mol. The van der Waals surface area contributed by atoms with Gasteiger partial charge in [-0.25, -0.2) is 4.99 Å². The quantitative estimate of drug-likeness (QED) is 0.563. The lowest BCUT2D eigenvalue weighted by molar-refractivity contribution is 0.475. The normalized spacial score (nSPS) is 11.4. The van der Waals surface area contributed by atoms with Crippen molar-refractivity contribution in [3.05, 3.63) is 54.0 Å². The number of phenolic OH excluding ortho intramolecular Hbond substituents is 1. The van der Waals surface area contributed by atoms with Gasteiger partial charge in [0, 0.05) is 19.5 Å². The van der Waals surface area contributed by atoms with Gasteiger partial charge in [-0.15, -0.1) is 0 Å². The molecule has 0 radical (unpaired) electrons. The second-order valence-electron chi connectivity index (χ2n) is 4.62. The van der Waals surface area contributed by atoms with Crippen molar-refractivity contribution in [1.82, 2.24) is 10.6 Å². The summed E-state index contributed by atoms with van der Waals surface area (Å²) in [7, 11) is 0. The van der Waals surface area contributed by atoms with Gasteiger partial charge in [-0.2, -0.15) is 0 Å². The van der Waals surface area contributed by atoms with Gasteiger partial charge in [0.1, 0.15) is 11.5 Å². The first-order valence-corrected chi connectivity index (χ1v) is 7.10. The van der Waals surface area contributed by atoms with Crippen molar-refractivity contribution in [1.29, 1.82) is 0 Å². The minimum Gasteiger partial charge on any atom is -0.508 e. The predicted molar refractivity (Wildman–Crippen MR) is 83.3 cm³/mol. The number of benzene rings is 1. The molecule has 0 atom stereocenters. The highest BCUT2D eigenvalue weighted by Crippen LogP contribution is 2.10. The van der Waals surface area contributed by atoms with Gasteiger partial charge in [-0.1, -0.05) is 12.1 Å². The molecule has 0 saturated heterocycles. The Balaban J connectivity index is 1.84. The zero-order valence-corrected chi connectivity index (χ0v) is 12.2. The Labute approximate surface area is 124 Å². The van der Waals surface area contributed by atoms with Crippen LogP contribution in [0.2, 0.25) is 0 Å². The van der Waals surface area contributed by atoms with Crippen molar-refractivity contribution in [2.45, 2.75) is 19.9 Å². The van der Waals surface area contributed by atoms with E-state index >= 15 is 0 Å². The molecule has 2 rings (SSSR count). The first-order chi connectivity index (χ1) is 10.3. The highest BCUT2D eigenvalue weighted by atomic mass is 16.3. The minimum atomic E-state index is 0.270. The summed E-state index contributed by atoms with van der Waals surface area (Å²) in [6.45, 7) is 4.16. The number of furan rings is 1. The monoisotopic (exact) mass is 287 g/mol. The molecule has 0 bridgehead atoms. The summed E-state index contributed by atoms with van der Waals surface area (Å²) >= 11 is 0. The van der Waals surface area contributed by atoms with E-state index in [0.29, 0.717) is 6.54 Å². The van der Waals surface area contributed by atoms with E-state index < -0.39 is 0 Å².